The summed E-state index contributed by atoms with van der Waals surface area (Å²) in [6, 6.07) is 0. The lowest BCUT2D eigenvalue weighted by molar-refractivity contribution is -0.136. The van der Waals surface area contributed by atoms with E-state index in [-0.39, 0.29) is 11.5 Å². The maximum absolute atomic E-state index is 10.5. The SMILES string of the molecule is C#CC(=O)ON=C(C)C(C)=O. The van der Waals surface area contributed by atoms with Crippen molar-refractivity contribution in [2.75, 3.05) is 0 Å². The van der Waals surface area contributed by atoms with Gasteiger partial charge in [0.15, 0.2) is 5.78 Å². The summed E-state index contributed by atoms with van der Waals surface area (Å²) >= 11 is 0. The number of ketones is 1. The Kier molecular flexibility index (Phi) is 3.60. The zero-order chi connectivity index (χ0) is 8.85. The Hall–Kier alpha value is -1.63. The molecule has 0 aromatic carbocycles. The molecule has 4 nitrogen and oxygen atoms in total. The Balaban J connectivity index is 4.05. The predicted molar refractivity (Wildman–Crippen MR) is 38.7 cm³/mol. The molecule has 0 spiro atoms. The van der Waals surface area contributed by atoms with Crippen LogP contribution in [0.5, 0.6) is 0 Å². The molecule has 0 aromatic heterocycles. The summed E-state index contributed by atoms with van der Waals surface area (Å²) in [5, 5.41) is 3.17. The van der Waals surface area contributed by atoms with E-state index in [4.69, 9.17) is 0 Å². The molecule has 0 atom stereocenters. The minimum Gasteiger partial charge on any atom is -0.305 e. The first kappa shape index (κ1) is 9.37. The fourth-order valence-electron chi connectivity index (χ4n) is 0.201. The van der Waals surface area contributed by atoms with Gasteiger partial charge in [0.05, 0.1) is 0 Å². The molecule has 0 rings (SSSR count). The summed E-state index contributed by atoms with van der Waals surface area (Å²) in [6.07, 6.45) is 4.66. The number of hydrogen-bond acceptors (Lipinski definition) is 4. The van der Waals surface area contributed by atoms with Crippen molar-refractivity contribution in [3.05, 3.63) is 0 Å². The number of carbonyl (C=O) groups excluding carboxylic acids is 2. The molecule has 11 heavy (non-hydrogen) atoms. The molecule has 0 aliphatic rings. The van der Waals surface area contributed by atoms with Crippen molar-refractivity contribution in [1.29, 1.82) is 0 Å². The highest BCUT2D eigenvalue weighted by Gasteiger charge is 1.99. The zero-order valence-corrected chi connectivity index (χ0v) is 6.25. The van der Waals surface area contributed by atoms with E-state index in [0.29, 0.717) is 0 Å². The van der Waals surface area contributed by atoms with E-state index in [1.54, 1.807) is 5.92 Å². The van der Waals surface area contributed by atoms with Gasteiger partial charge in [0, 0.05) is 12.8 Å². The molecule has 0 radical (unpaired) electrons. The summed E-state index contributed by atoms with van der Waals surface area (Å²) < 4.78 is 0. The normalized spacial score (nSPS) is 10.1. The molecule has 58 valence electrons. The molecule has 0 N–H and O–H groups in total. The molecule has 0 heterocycles. The molecular formula is C7H7NO3. The number of carbonyl (C=O) groups is 2. The molecular weight excluding hydrogens is 146 g/mol. The maximum Gasteiger partial charge on any atom is 0.410 e. The van der Waals surface area contributed by atoms with Gasteiger partial charge in [-0.3, -0.25) is 4.79 Å². The summed E-state index contributed by atoms with van der Waals surface area (Å²) in [4.78, 5) is 24.8. The zero-order valence-electron chi connectivity index (χ0n) is 6.25. The highest BCUT2D eigenvalue weighted by Crippen LogP contribution is 1.83. The van der Waals surface area contributed by atoms with E-state index >= 15 is 0 Å². The van der Waals surface area contributed by atoms with Gasteiger partial charge in [0.1, 0.15) is 5.71 Å². The van der Waals surface area contributed by atoms with Gasteiger partial charge in [0.25, 0.3) is 0 Å². The van der Waals surface area contributed by atoms with Gasteiger partial charge in [0.2, 0.25) is 0 Å². The third-order valence-corrected chi connectivity index (χ3v) is 0.893. The molecule has 0 amide bonds. The molecule has 0 saturated heterocycles. The topological polar surface area (TPSA) is 55.7 Å². The van der Waals surface area contributed by atoms with E-state index in [1.165, 1.54) is 13.8 Å². The maximum atomic E-state index is 10.5. The average molecular weight is 153 g/mol. The number of oxime groups is 1. The van der Waals surface area contributed by atoms with Gasteiger partial charge >= 0.3 is 5.97 Å². The summed E-state index contributed by atoms with van der Waals surface area (Å²) in [6.45, 7) is 2.73. The molecule has 0 aromatic rings. The third kappa shape index (κ3) is 3.87. The van der Waals surface area contributed by atoms with Gasteiger partial charge in [-0.15, -0.1) is 6.42 Å². The van der Waals surface area contributed by atoms with Gasteiger partial charge < -0.3 is 4.84 Å². The van der Waals surface area contributed by atoms with Crippen molar-refractivity contribution in [2.45, 2.75) is 13.8 Å². The fourth-order valence-corrected chi connectivity index (χ4v) is 0.201. The lowest BCUT2D eigenvalue weighted by Crippen LogP contribution is -2.06. The molecule has 0 saturated carbocycles. The summed E-state index contributed by atoms with van der Waals surface area (Å²) in [5.74, 6) is 0.500. The van der Waals surface area contributed by atoms with Crippen molar-refractivity contribution >= 4 is 17.5 Å². The number of terminal acetylenes is 1. The van der Waals surface area contributed by atoms with Crippen LogP contribution in [0.2, 0.25) is 0 Å². The van der Waals surface area contributed by atoms with Crippen molar-refractivity contribution in [3.63, 3.8) is 0 Å². The van der Waals surface area contributed by atoms with Gasteiger partial charge in [-0.05, 0) is 6.92 Å². The van der Waals surface area contributed by atoms with Gasteiger partial charge in [-0.25, -0.2) is 4.79 Å². The van der Waals surface area contributed by atoms with Gasteiger partial charge in [-0.1, -0.05) is 5.16 Å². The Morgan fingerprint density at radius 1 is 1.45 bits per heavy atom. The largest absolute Gasteiger partial charge is 0.410 e. The minimum absolute atomic E-state index is 0.105. The highest BCUT2D eigenvalue weighted by molar-refractivity contribution is 6.37. The van der Waals surface area contributed by atoms with Crippen molar-refractivity contribution in [3.8, 4) is 12.3 Å². The van der Waals surface area contributed by atoms with Crippen LogP contribution >= 0.6 is 0 Å². The second-order valence-corrected chi connectivity index (χ2v) is 1.76. The highest BCUT2D eigenvalue weighted by atomic mass is 16.7. The summed E-state index contributed by atoms with van der Waals surface area (Å²) in [7, 11) is 0. The van der Waals surface area contributed by atoms with Crippen LogP contribution in [0, 0.1) is 12.3 Å². The number of rotatable bonds is 2. The monoisotopic (exact) mass is 153 g/mol. The first-order valence-electron chi connectivity index (χ1n) is 2.81. The Morgan fingerprint density at radius 2 is 2.00 bits per heavy atom. The quantitative estimate of drug-likeness (QED) is 0.245. The Labute approximate surface area is 64.2 Å². The fraction of sp³-hybridized carbons (Fsp3) is 0.286. The first-order valence-corrected chi connectivity index (χ1v) is 2.81. The van der Waals surface area contributed by atoms with Gasteiger partial charge in [-0.2, -0.15) is 0 Å². The van der Waals surface area contributed by atoms with Crippen LogP contribution in [-0.2, 0) is 14.4 Å². The van der Waals surface area contributed by atoms with E-state index in [9.17, 15) is 9.59 Å². The van der Waals surface area contributed by atoms with Crippen molar-refractivity contribution in [1.82, 2.24) is 0 Å². The lowest BCUT2D eigenvalue weighted by atomic mass is 10.3. The molecule has 0 fully saturated rings. The van der Waals surface area contributed by atoms with E-state index in [0.717, 1.165) is 0 Å². The lowest BCUT2D eigenvalue weighted by Gasteiger charge is -1.90. The number of Topliss-reactive ketones (excluding diaryl/α,β-unsaturated/α-hetero) is 1. The standard InChI is InChI=1S/C7H7NO3/c1-4-7(10)11-8-5(2)6(3)9/h1H,2-3H3. The molecule has 0 unspecified atom stereocenters. The van der Waals surface area contributed by atoms with Crippen LogP contribution in [0.25, 0.3) is 0 Å². The van der Waals surface area contributed by atoms with E-state index in [1.807, 2.05) is 0 Å². The Morgan fingerprint density at radius 3 is 2.36 bits per heavy atom. The molecule has 0 aliphatic heterocycles. The average Bonchev–Trinajstić information content (AvgIpc) is 1.99. The van der Waals surface area contributed by atoms with E-state index < -0.39 is 5.97 Å². The molecule has 0 bridgehead atoms. The Bertz CT molecular complexity index is 247. The van der Waals surface area contributed by atoms with Crippen molar-refractivity contribution < 1.29 is 14.4 Å². The van der Waals surface area contributed by atoms with Crippen LogP contribution < -0.4 is 0 Å². The second-order valence-electron chi connectivity index (χ2n) is 1.76. The van der Waals surface area contributed by atoms with Crippen LogP contribution in [0.4, 0.5) is 0 Å². The minimum atomic E-state index is -0.911. The molecule has 0 aliphatic carbocycles. The van der Waals surface area contributed by atoms with Crippen molar-refractivity contribution in [2.24, 2.45) is 5.16 Å². The van der Waals surface area contributed by atoms with Crippen LogP contribution in [0.1, 0.15) is 13.8 Å². The van der Waals surface area contributed by atoms with Crippen LogP contribution in [-0.4, -0.2) is 17.5 Å². The molecule has 4 heteroatoms. The number of hydrogen-bond donors (Lipinski definition) is 0. The van der Waals surface area contributed by atoms with Crippen LogP contribution in [0.3, 0.4) is 0 Å². The van der Waals surface area contributed by atoms with E-state index in [2.05, 4.69) is 16.4 Å². The first-order chi connectivity index (χ1) is 5.07. The second kappa shape index (κ2) is 4.23. The third-order valence-electron chi connectivity index (χ3n) is 0.893. The predicted octanol–water partition coefficient (Wildman–Crippen LogP) is 0.128. The van der Waals surface area contributed by atoms with Crippen LogP contribution in [0.15, 0.2) is 5.16 Å². The smallest absolute Gasteiger partial charge is 0.305 e. The number of nitrogens with zero attached hydrogens (tertiary/aromatic N) is 1. The summed E-state index contributed by atoms with van der Waals surface area (Å²) in [5.41, 5.74) is 0.105.